The van der Waals surface area contributed by atoms with Crippen molar-refractivity contribution in [2.75, 3.05) is 75.1 Å². The van der Waals surface area contributed by atoms with E-state index in [9.17, 15) is 82.5 Å². The number of aromatic nitrogens is 4. The van der Waals surface area contributed by atoms with Crippen molar-refractivity contribution in [1.82, 2.24) is 39.8 Å². The topological polar surface area (TPSA) is 459 Å². The zero-order valence-electron chi connectivity index (χ0n) is 62.1. The number of carbonyl (C=O) groups excluding carboxylic acids is 6. The number of ether oxygens (including phenoxy) is 5. The van der Waals surface area contributed by atoms with Crippen LogP contribution >= 0.6 is 11.3 Å². The molecule has 3 aromatic heterocycles. The first-order valence-electron chi connectivity index (χ1n) is 37.3. The van der Waals surface area contributed by atoms with Crippen LogP contribution in [0.3, 0.4) is 0 Å². The molecule has 6 amide bonds. The number of hydrogen-bond donors (Lipinski definition) is 10. The van der Waals surface area contributed by atoms with Crippen LogP contribution < -0.4 is 20.3 Å². The first-order chi connectivity index (χ1) is 53.3. The Bertz CT molecular complexity index is 4690. The lowest BCUT2D eigenvalue weighted by Crippen LogP contribution is -2.64. The van der Waals surface area contributed by atoms with Crippen molar-refractivity contribution in [2.45, 2.75) is 172 Å². The molecule has 4 bridgehead atoms. The number of amides is 6. The first-order valence-corrected chi connectivity index (χ1v) is 39.7. The number of rotatable bonds is 33. The number of hydrogen-bond acceptors (Lipinski definition) is 25. The number of benzene rings is 3. The molecule has 35 heteroatoms. The summed E-state index contributed by atoms with van der Waals surface area (Å²) < 4.78 is 64.7. The summed E-state index contributed by atoms with van der Waals surface area (Å²) in [6.45, 7) is 5.66. The van der Waals surface area contributed by atoms with Crippen LogP contribution in [0.4, 0.5) is 15.7 Å². The third kappa shape index (κ3) is 17.8. The number of unbranched alkanes of at least 4 members (excludes halogenated alkanes) is 1. The second kappa shape index (κ2) is 33.0. The molecule has 6 aromatic rings. The van der Waals surface area contributed by atoms with Crippen molar-refractivity contribution >= 4 is 90.2 Å². The van der Waals surface area contributed by atoms with Crippen molar-refractivity contribution in [3.05, 3.63) is 130 Å². The van der Waals surface area contributed by atoms with Gasteiger partial charge in [-0.1, -0.05) is 61.6 Å². The van der Waals surface area contributed by atoms with Gasteiger partial charge in [-0.15, -0.1) is 0 Å². The highest BCUT2D eigenvalue weighted by atomic mass is 32.2. The quantitative estimate of drug-likeness (QED) is 0.0155. The van der Waals surface area contributed by atoms with E-state index in [4.69, 9.17) is 38.3 Å². The maximum absolute atomic E-state index is 14.4. The lowest BCUT2D eigenvalue weighted by Gasteiger charge is -2.69. The molecule has 33 nitrogen and oxygen atoms in total. The molecule has 4 saturated carbocycles. The summed E-state index contributed by atoms with van der Waals surface area (Å²) in [6, 6.07) is 19.5. The Morgan fingerprint density at radius 2 is 1.62 bits per heavy atom. The number of fused-ring (bicyclic) bond motifs is 2. The number of carboxylic acid groups (broad SMARTS) is 2. The van der Waals surface area contributed by atoms with Crippen LogP contribution in [-0.2, 0) is 85.6 Å². The molecular weight excluding hydrogens is 1500 g/mol. The van der Waals surface area contributed by atoms with Gasteiger partial charge in [-0.25, -0.2) is 24.4 Å². The van der Waals surface area contributed by atoms with Crippen LogP contribution in [0.5, 0.6) is 5.75 Å². The minimum Gasteiger partial charge on any atom is -0.479 e. The lowest BCUT2D eigenvalue weighted by molar-refractivity contribution is -0.271. The Labute approximate surface area is 648 Å². The molecule has 6 fully saturated rings. The number of carbonyl (C=O) groups is 8. The van der Waals surface area contributed by atoms with E-state index >= 15 is 0 Å². The number of carboxylic acids is 2. The Morgan fingerprint density at radius 1 is 0.857 bits per heavy atom. The third-order valence-corrected chi connectivity index (χ3v) is 24.1. The van der Waals surface area contributed by atoms with E-state index in [0.717, 1.165) is 81.1 Å². The van der Waals surface area contributed by atoms with Crippen molar-refractivity contribution in [2.24, 2.45) is 16.2 Å². The number of nitrogens with one attached hydrogen (secondary N) is 2. The van der Waals surface area contributed by atoms with E-state index in [1.165, 1.54) is 22.3 Å². The van der Waals surface area contributed by atoms with Crippen molar-refractivity contribution < 1.29 is 111 Å². The number of para-hydroxylation sites is 1. The zero-order valence-corrected chi connectivity index (χ0v) is 63.7. The number of anilines is 2. The number of imide groups is 1. The van der Waals surface area contributed by atoms with Gasteiger partial charge in [-0.2, -0.15) is 13.5 Å². The summed E-state index contributed by atoms with van der Waals surface area (Å²) in [4.78, 5) is 120. The molecule has 4 aliphatic carbocycles. The number of aromatic carboxylic acids is 1. The number of aliphatic hydroxyl groups is 5. The first kappa shape index (κ1) is 80.6. The van der Waals surface area contributed by atoms with E-state index in [-0.39, 0.29) is 84.8 Å². The average Bonchev–Trinajstić information content (AvgIpc) is 0.705. The van der Waals surface area contributed by atoms with Crippen LogP contribution in [-0.4, -0.2) is 250 Å². The Balaban J connectivity index is 0.654. The van der Waals surface area contributed by atoms with Crippen LogP contribution in [0.1, 0.15) is 127 Å². The second-order valence-electron chi connectivity index (χ2n) is 31.3. The second-order valence-corrected chi connectivity index (χ2v) is 33.9. The predicted molar refractivity (Wildman–Crippen MR) is 400 cm³/mol. The summed E-state index contributed by atoms with van der Waals surface area (Å²) >= 11 is 1.39. The Morgan fingerprint density at radius 3 is 2.34 bits per heavy atom. The third-order valence-electron chi connectivity index (χ3n) is 22.5. The molecule has 10 N–H and O–H groups in total. The van der Waals surface area contributed by atoms with E-state index < -0.39 is 138 Å². The predicted octanol–water partition coefficient (Wildman–Crippen LogP) is 4.40. The maximum Gasteiger partial charge on any atom is 0.410 e. The van der Waals surface area contributed by atoms with E-state index in [1.54, 1.807) is 30.5 Å². The largest absolute Gasteiger partial charge is 0.479 e. The molecule has 0 spiro atoms. The van der Waals surface area contributed by atoms with Gasteiger partial charge in [0.15, 0.2) is 16.9 Å². The molecule has 8 aliphatic rings. The molecule has 10 atom stereocenters. The van der Waals surface area contributed by atoms with Gasteiger partial charge < -0.3 is 79.4 Å². The molecule has 14 rings (SSSR count). The van der Waals surface area contributed by atoms with Gasteiger partial charge in [0.05, 0.1) is 72.9 Å². The number of nitrogens with zero attached hydrogens (tertiary/aromatic N) is 8. The monoisotopic (exact) mass is 1590 g/mol. The number of thiazole rings is 1. The van der Waals surface area contributed by atoms with Crippen molar-refractivity contribution in [3.8, 4) is 16.9 Å². The SMILES string of the molecule is Cc1c(-c2ccc(N3CCc4cccc(C(=O)Nc5nc6ccccc6s5)c4C3)nc2C(=O)O)cnn1CC12CC3(C)CC(C)(C1)CC(OCCN(CC[C@H](O)CO)C(=O)OCc1ccc(CCCCNC(=O)CN4C(=O)[C@@H](N5C(=O)C=CC5=O)C[C@H]4COCCS(=O)(=O)O)cc1O[C@@H]1O[C@H](C(=O)O)[C@@H](O)[C@H](O)[C@H]1O)(C3)C2. The fourth-order valence-corrected chi connectivity index (χ4v) is 19.6. The van der Waals surface area contributed by atoms with E-state index in [0.29, 0.717) is 84.9 Å². The van der Waals surface area contributed by atoms with Crippen LogP contribution in [0.2, 0.25) is 0 Å². The summed E-state index contributed by atoms with van der Waals surface area (Å²) in [5, 5.41) is 84.6. The Hall–Kier alpha value is -9.40. The van der Waals surface area contributed by atoms with Crippen LogP contribution in [0.25, 0.3) is 21.3 Å². The van der Waals surface area contributed by atoms with Gasteiger partial charge in [-0.3, -0.25) is 43.4 Å². The molecular formula is C77H92N10O23S2. The number of pyridine rings is 1. The normalized spacial score (nSPS) is 26.2. The summed E-state index contributed by atoms with van der Waals surface area (Å²) in [6.07, 6.45) is -1.82. The van der Waals surface area contributed by atoms with Crippen molar-refractivity contribution in [3.63, 3.8) is 0 Å². The smallest absolute Gasteiger partial charge is 0.410 e. The van der Waals surface area contributed by atoms with Crippen LogP contribution in [0.15, 0.2) is 91.1 Å². The minimum atomic E-state index is -4.38. The van der Waals surface area contributed by atoms with Gasteiger partial charge in [0.2, 0.25) is 18.1 Å². The molecule has 600 valence electrons. The minimum absolute atomic E-state index is 0.00842. The number of aryl methyl sites for hydroxylation is 1. The maximum atomic E-state index is 14.4. The number of aliphatic carboxylic acids is 1. The van der Waals surface area contributed by atoms with Gasteiger partial charge in [0, 0.05) is 85.8 Å². The fraction of sp³-hybridized carbons (Fsp3) is 0.519. The van der Waals surface area contributed by atoms with Gasteiger partial charge in [-0.05, 0) is 147 Å². The zero-order chi connectivity index (χ0) is 79.8. The van der Waals surface area contributed by atoms with Gasteiger partial charge >= 0.3 is 18.0 Å². The van der Waals surface area contributed by atoms with E-state index in [1.807, 2.05) is 59.0 Å². The highest BCUT2D eigenvalue weighted by molar-refractivity contribution is 7.85. The van der Waals surface area contributed by atoms with Crippen LogP contribution in [0, 0.1) is 23.2 Å². The molecule has 3 aromatic carbocycles. The van der Waals surface area contributed by atoms with Crippen molar-refractivity contribution in [1.29, 1.82) is 0 Å². The molecule has 4 aliphatic heterocycles. The average molecular weight is 1590 g/mol. The van der Waals surface area contributed by atoms with Gasteiger partial charge in [0.25, 0.3) is 27.8 Å². The Kier molecular flexibility index (Phi) is 23.7. The summed E-state index contributed by atoms with van der Waals surface area (Å²) in [7, 11) is -4.38. The highest BCUT2D eigenvalue weighted by Crippen LogP contribution is 2.72. The highest BCUT2D eigenvalue weighted by Gasteiger charge is 2.66. The molecule has 0 radical (unpaired) electrons. The molecule has 112 heavy (non-hydrogen) atoms. The molecule has 2 unspecified atom stereocenters. The lowest BCUT2D eigenvalue weighted by atomic mass is 9.39. The summed E-state index contributed by atoms with van der Waals surface area (Å²) in [5.41, 5.74) is 4.32. The number of aliphatic hydroxyl groups excluding tert-OH is 5. The van der Waals surface area contributed by atoms with E-state index in [2.05, 4.69) is 29.5 Å². The van der Waals surface area contributed by atoms with Gasteiger partial charge in [0.1, 0.15) is 42.5 Å². The fourth-order valence-electron chi connectivity index (χ4n) is 18.4. The summed E-state index contributed by atoms with van der Waals surface area (Å²) in [5.74, 6) is -6.26. The molecule has 7 heterocycles. The standard InChI is InChI=1S/C77H92N10O23S2/c1-44-52(50-16-17-58(81-62(50)69(98)99)84-23-20-46-10-8-11-51(53(46)32-84)67(96)82-72-80-54-12-4-5-13-57(54)111-72)31-79-86(44)43-76-38-74(2)37-75(3,39-76)41-77(40-74,42-76)108-26-25-83(24-21-49(89)34-88)73(102)107-35-47-15-14-45(29-56(47)109-71-65(95)63(93)64(94)66(110-71)70(100)101)9-6-7-22-78-59(90)33-85-48(36-106-27-28-112(103,104)105)30-55(68(85)97)87-60(91)18-19-61(87)92/h4-5,8,10-19,29,31,48-49,55,63-66,71,88-89,93-95H,6-7,9,20-28,30,32-43H2,1-3H3,(H,78,90)(H,98,99)(H,100,101)(H,80,82,96)(H,103,104,105)/t48-,49-,55-,63-,64-,65+,66-,71+,74?,75?,76?,77?/m0/s1. The molecule has 2 saturated heterocycles. The number of likely N-dealkylation sites (tertiary alicyclic amines) is 1.